The molecule has 0 aliphatic heterocycles. The minimum Gasteiger partial charge on any atom is -0.496 e. The number of aliphatic carboxylic acids is 1. The summed E-state index contributed by atoms with van der Waals surface area (Å²) < 4.78 is 35.1. The molecule has 0 heterocycles. The first-order chi connectivity index (χ1) is 11.1. The van der Waals surface area contributed by atoms with Crippen molar-refractivity contribution in [1.82, 2.24) is 5.32 Å². The number of carbonyl (C=O) groups excluding carboxylic acids is 2. The Morgan fingerprint density at radius 1 is 1.21 bits per heavy atom. The van der Waals surface area contributed by atoms with Crippen LogP contribution < -0.4 is 10.1 Å². The molecule has 0 saturated carbocycles. The van der Waals surface area contributed by atoms with Gasteiger partial charge in [-0.2, -0.15) is 8.42 Å². The number of nitrogens with one attached hydrogen (secondary N) is 1. The van der Waals surface area contributed by atoms with Gasteiger partial charge in [0.15, 0.2) is 5.78 Å². The minimum absolute atomic E-state index is 0.218. The Bertz CT molecular complexity index is 728. The van der Waals surface area contributed by atoms with Crippen LogP contribution in [0.5, 0.6) is 5.75 Å². The minimum atomic E-state index is -4.58. The summed E-state index contributed by atoms with van der Waals surface area (Å²) in [4.78, 5) is 34.6. The third-order valence-corrected chi connectivity index (χ3v) is 3.75. The van der Waals surface area contributed by atoms with Crippen LogP contribution in [0.2, 0.25) is 0 Å². The molecule has 1 amide bonds. The van der Waals surface area contributed by atoms with Gasteiger partial charge in [0.05, 0.1) is 12.7 Å². The van der Waals surface area contributed by atoms with E-state index in [9.17, 15) is 22.8 Å². The number of rotatable bonds is 9. The smallest absolute Gasteiger partial charge is 0.327 e. The third kappa shape index (κ3) is 6.34. The molecule has 0 bridgehead atoms. The topological polar surface area (TPSA) is 147 Å². The number of carboxylic acid groups (broad SMARTS) is 1. The van der Waals surface area contributed by atoms with Gasteiger partial charge in [-0.05, 0) is 12.1 Å². The quantitative estimate of drug-likeness (QED) is 0.416. The van der Waals surface area contributed by atoms with Crippen molar-refractivity contribution >= 4 is 27.8 Å². The molecule has 0 fully saturated rings. The summed E-state index contributed by atoms with van der Waals surface area (Å²) in [5.74, 6) is -3.64. The number of Topliss-reactive ketones (excluding diaryl/α,β-unsaturated/α-hetero) is 1. The molecule has 0 aromatic heterocycles. The number of ether oxygens (including phenoxy) is 1. The number of hydrogen-bond acceptors (Lipinski definition) is 6. The van der Waals surface area contributed by atoms with Crippen molar-refractivity contribution in [3.05, 3.63) is 29.8 Å². The van der Waals surface area contributed by atoms with E-state index in [1.54, 1.807) is 18.2 Å². The van der Waals surface area contributed by atoms with Crippen LogP contribution in [0.1, 0.15) is 23.2 Å². The summed E-state index contributed by atoms with van der Waals surface area (Å²) >= 11 is 0. The van der Waals surface area contributed by atoms with E-state index in [1.807, 2.05) is 5.32 Å². The first kappa shape index (κ1) is 19.6. The molecule has 0 spiro atoms. The standard InChI is InChI=1S/C14H17NO8S/c1-23-12-5-3-2-4-9(12)11(16)6-7-13(17)15-10(14(18)19)8-24(20,21)22/h2-5,10H,6-8H2,1H3,(H,15,17)(H,18,19)(H,20,21,22)/t10-/m0/s1. The molecular formula is C14H17NO8S. The molecule has 0 aliphatic carbocycles. The molecule has 1 rings (SSSR count). The Balaban J connectivity index is 2.64. The van der Waals surface area contributed by atoms with Gasteiger partial charge in [0.2, 0.25) is 5.91 Å². The van der Waals surface area contributed by atoms with Crippen LogP contribution in [-0.2, 0) is 19.7 Å². The summed E-state index contributed by atoms with van der Waals surface area (Å²) in [5, 5.41) is 10.8. The van der Waals surface area contributed by atoms with Crippen molar-refractivity contribution in [1.29, 1.82) is 0 Å². The number of benzene rings is 1. The van der Waals surface area contributed by atoms with Gasteiger partial charge in [0.1, 0.15) is 17.5 Å². The van der Waals surface area contributed by atoms with Crippen LogP contribution >= 0.6 is 0 Å². The second-order valence-corrected chi connectivity index (χ2v) is 6.33. The van der Waals surface area contributed by atoms with Crippen LogP contribution in [0.15, 0.2) is 24.3 Å². The lowest BCUT2D eigenvalue weighted by atomic mass is 10.1. The van der Waals surface area contributed by atoms with Crippen LogP contribution in [0.25, 0.3) is 0 Å². The Labute approximate surface area is 138 Å². The molecule has 0 radical (unpaired) electrons. The molecule has 1 atom stereocenters. The number of hydrogen-bond donors (Lipinski definition) is 3. The Kier molecular flexibility index (Phi) is 6.86. The number of carbonyl (C=O) groups is 3. The molecular weight excluding hydrogens is 342 g/mol. The molecule has 9 nitrogen and oxygen atoms in total. The maximum Gasteiger partial charge on any atom is 0.327 e. The molecule has 0 aliphatic rings. The van der Waals surface area contributed by atoms with Gasteiger partial charge in [0, 0.05) is 12.8 Å². The van der Waals surface area contributed by atoms with Crippen LogP contribution in [0.3, 0.4) is 0 Å². The van der Waals surface area contributed by atoms with Gasteiger partial charge >= 0.3 is 5.97 Å². The maximum absolute atomic E-state index is 12.1. The SMILES string of the molecule is COc1ccccc1C(=O)CCC(=O)N[C@@H](CS(=O)(=O)O)C(=O)O. The van der Waals surface area contributed by atoms with Crippen molar-refractivity contribution < 1.29 is 37.2 Å². The normalized spacial score (nSPS) is 12.2. The first-order valence-electron chi connectivity index (χ1n) is 6.77. The Hall–Kier alpha value is -2.46. The fraction of sp³-hybridized carbons (Fsp3) is 0.357. The van der Waals surface area contributed by atoms with E-state index in [-0.39, 0.29) is 24.2 Å². The van der Waals surface area contributed by atoms with E-state index in [0.717, 1.165) is 0 Å². The van der Waals surface area contributed by atoms with Gasteiger partial charge in [-0.3, -0.25) is 14.1 Å². The highest BCUT2D eigenvalue weighted by Crippen LogP contribution is 2.19. The maximum atomic E-state index is 12.1. The van der Waals surface area contributed by atoms with E-state index in [2.05, 4.69) is 0 Å². The average molecular weight is 359 g/mol. The van der Waals surface area contributed by atoms with Crippen molar-refractivity contribution in [3.63, 3.8) is 0 Å². The highest BCUT2D eigenvalue weighted by atomic mass is 32.2. The lowest BCUT2D eigenvalue weighted by molar-refractivity contribution is -0.141. The van der Waals surface area contributed by atoms with Crippen LogP contribution in [0.4, 0.5) is 0 Å². The monoisotopic (exact) mass is 359 g/mol. The Morgan fingerprint density at radius 2 is 1.83 bits per heavy atom. The summed E-state index contributed by atoms with van der Waals surface area (Å²) in [7, 11) is -3.18. The zero-order valence-electron chi connectivity index (χ0n) is 12.8. The molecule has 1 aromatic carbocycles. The lowest BCUT2D eigenvalue weighted by Gasteiger charge is -2.13. The number of amides is 1. The first-order valence-corrected chi connectivity index (χ1v) is 8.38. The number of methoxy groups -OCH3 is 1. The van der Waals surface area contributed by atoms with E-state index in [1.165, 1.54) is 13.2 Å². The molecule has 0 saturated heterocycles. The molecule has 3 N–H and O–H groups in total. The average Bonchev–Trinajstić information content (AvgIpc) is 2.50. The van der Waals surface area contributed by atoms with Crippen molar-refractivity contribution in [2.75, 3.05) is 12.9 Å². The Morgan fingerprint density at radius 3 is 2.38 bits per heavy atom. The van der Waals surface area contributed by atoms with Gasteiger partial charge in [-0.25, -0.2) is 4.79 Å². The number of para-hydroxylation sites is 1. The van der Waals surface area contributed by atoms with Gasteiger partial charge in [-0.15, -0.1) is 0 Å². The molecule has 24 heavy (non-hydrogen) atoms. The van der Waals surface area contributed by atoms with E-state index in [0.29, 0.717) is 5.75 Å². The summed E-state index contributed by atoms with van der Waals surface area (Å²) in [6.07, 6.45) is -0.559. The second kappa shape index (κ2) is 8.41. The fourth-order valence-corrected chi connectivity index (χ4v) is 2.54. The zero-order chi connectivity index (χ0) is 18.3. The zero-order valence-corrected chi connectivity index (χ0v) is 13.6. The second-order valence-electron chi connectivity index (χ2n) is 4.83. The van der Waals surface area contributed by atoms with Gasteiger partial charge < -0.3 is 15.2 Å². The predicted octanol–water partition coefficient (Wildman–Crippen LogP) is 0.115. The van der Waals surface area contributed by atoms with E-state index in [4.69, 9.17) is 14.4 Å². The lowest BCUT2D eigenvalue weighted by Crippen LogP contribution is -2.45. The molecule has 1 aromatic rings. The van der Waals surface area contributed by atoms with E-state index >= 15 is 0 Å². The summed E-state index contributed by atoms with van der Waals surface area (Å²) in [5.41, 5.74) is 0.278. The number of ketones is 1. The molecule has 132 valence electrons. The highest BCUT2D eigenvalue weighted by Gasteiger charge is 2.26. The molecule has 10 heteroatoms. The van der Waals surface area contributed by atoms with Crippen LogP contribution in [0, 0.1) is 0 Å². The summed E-state index contributed by atoms with van der Waals surface area (Å²) in [6, 6.07) is 4.61. The van der Waals surface area contributed by atoms with Gasteiger partial charge in [0.25, 0.3) is 10.1 Å². The van der Waals surface area contributed by atoms with Crippen LogP contribution in [-0.4, -0.2) is 54.6 Å². The van der Waals surface area contributed by atoms with E-state index < -0.39 is 33.8 Å². The number of carboxylic acids is 1. The van der Waals surface area contributed by atoms with Crippen molar-refractivity contribution in [2.45, 2.75) is 18.9 Å². The largest absolute Gasteiger partial charge is 0.496 e. The van der Waals surface area contributed by atoms with Crippen molar-refractivity contribution in [3.8, 4) is 5.75 Å². The predicted molar refractivity (Wildman–Crippen MR) is 82.5 cm³/mol. The molecule has 0 unspecified atom stereocenters. The fourth-order valence-electron chi connectivity index (χ4n) is 1.89. The summed E-state index contributed by atoms with van der Waals surface area (Å²) in [6.45, 7) is 0. The van der Waals surface area contributed by atoms with Gasteiger partial charge in [-0.1, -0.05) is 12.1 Å². The van der Waals surface area contributed by atoms with Crippen molar-refractivity contribution in [2.24, 2.45) is 0 Å². The third-order valence-electron chi connectivity index (χ3n) is 3.00. The highest BCUT2D eigenvalue weighted by molar-refractivity contribution is 7.85.